The van der Waals surface area contributed by atoms with Gasteiger partial charge in [-0.2, -0.15) is 4.98 Å². The Kier molecular flexibility index (Phi) is 6.05. The minimum atomic E-state index is -0.290. The fraction of sp³-hybridized carbons (Fsp3) is 0.560. The van der Waals surface area contributed by atoms with E-state index in [2.05, 4.69) is 27.3 Å². The van der Waals surface area contributed by atoms with E-state index >= 15 is 4.39 Å². The zero-order valence-corrected chi connectivity index (χ0v) is 19.8. The van der Waals surface area contributed by atoms with Crippen LogP contribution in [0.1, 0.15) is 43.6 Å². The van der Waals surface area contributed by atoms with Gasteiger partial charge >= 0.3 is 0 Å². The molecule has 176 valence electrons. The summed E-state index contributed by atoms with van der Waals surface area (Å²) in [5.74, 6) is 1.83. The van der Waals surface area contributed by atoms with Crippen molar-refractivity contribution in [3.05, 3.63) is 34.9 Å². The van der Waals surface area contributed by atoms with E-state index in [4.69, 9.17) is 14.2 Å². The van der Waals surface area contributed by atoms with Crippen molar-refractivity contribution in [1.82, 2.24) is 20.4 Å². The van der Waals surface area contributed by atoms with Crippen LogP contribution in [0.5, 0.6) is 0 Å². The second-order valence-corrected chi connectivity index (χ2v) is 9.44. The number of nitrogens with zero attached hydrogens (tertiary/aromatic N) is 4. The van der Waals surface area contributed by atoms with E-state index in [0.29, 0.717) is 41.1 Å². The number of ether oxygens (including phenoxy) is 1. The molecule has 1 aromatic carbocycles. The summed E-state index contributed by atoms with van der Waals surface area (Å²) in [6, 6.07) is 3.92. The second kappa shape index (κ2) is 8.99. The van der Waals surface area contributed by atoms with E-state index in [1.807, 2.05) is 19.9 Å². The van der Waals surface area contributed by atoms with Crippen LogP contribution in [0, 0.1) is 25.6 Å². The lowest BCUT2D eigenvalue weighted by atomic mass is 10.00. The number of hydrogen-bond acceptors (Lipinski definition) is 7. The Balaban J connectivity index is 1.54. The van der Waals surface area contributed by atoms with Gasteiger partial charge in [-0.15, -0.1) is 0 Å². The van der Waals surface area contributed by atoms with Crippen molar-refractivity contribution in [1.29, 1.82) is 0 Å². The molecule has 2 aliphatic rings. The maximum atomic E-state index is 15.1. The number of halogens is 1. The Bertz CT molecular complexity index is 1160. The molecule has 0 unspecified atom stereocenters. The van der Waals surface area contributed by atoms with Crippen LogP contribution in [0.25, 0.3) is 22.4 Å². The lowest BCUT2D eigenvalue weighted by Gasteiger charge is -2.23. The van der Waals surface area contributed by atoms with E-state index in [0.717, 1.165) is 67.6 Å². The van der Waals surface area contributed by atoms with Crippen LogP contribution in [0.4, 0.5) is 10.2 Å². The Hall–Kier alpha value is -2.58. The lowest BCUT2D eigenvalue weighted by Crippen LogP contribution is -2.40. The van der Waals surface area contributed by atoms with Gasteiger partial charge in [-0.1, -0.05) is 19.0 Å². The second-order valence-electron chi connectivity index (χ2n) is 9.44. The van der Waals surface area contributed by atoms with Crippen LogP contribution < -0.4 is 10.2 Å². The van der Waals surface area contributed by atoms with Crippen molar-refractivity contribution >= 4 is 16.7 Å². The van der Waals surface area contributed by atoms with Crippen molar-refractivity contribution in [2.45, 2.75) is 59.1 Å². The Labute approximate surface area is 193 Å². The van der Waals surface area contributed by atoms with Crippen LogP contribution in [0.2, 0.25) is 0 Å². The molecule has 0 amide bonds. The first kappa shape index (κ1) is 22.2. The first-order valence-corrected chi connectivity index (χ1v) is 12.0. The molecule has 2 saturated heterocycles. The molecule has 1 N–H and O–H groups in total. The van der Waals surface area contributed by atoms with Crippen molar-refractivity contribution in [2.24, 2.45) is 5.92 Å². The van der Waals surface area contributed by atoms with Gasteiger partial charge in [0.15, 0.2) is 5.82 Å². The summed E-state index contributed by atoms with van der Waals surface area (Å²) < 4.78 is 26.5. The van der Waals surface area contributed by atoms with E-state index in [9.17, 15) is 0 Å². The van der Waals surface area contributed by atoms with Crippen molar-refractivity contribution in [2.75, 3.05) is 31.1 Å². The average molecular weight is 454 g/mol. The molecule has 33 heavy (non-hydrogen) atoms. The predicted molar refractivity (Wildman–Crippen MR) is 126 cm³/mol. The predicted octanol–water partition coefficient (Wildman–Crippen LogP) is 4.20. The number of benzene rings is 1. The van der Waals surface area contributed by atoms with E-state index in [1.165, 1.54) is 0 Å². The third kappa shape index (κ3) is 4.22. The fourth-order valence-electron chi connectivity index (χ4n) is 5.10. The molecule has 0 saturated carbocycles. The quantitative estimate of drug-likeness (QED) is 0.600. The van der Waals surface area contributed by atoms with Gasteiger partial charge in [0, 0.05) is 37.7 Å². The molecular formula is C25H32FN5O2. The summed E-state index contributed by atoms with van der Waals surface area (Å²) in [5.41, 5.74) is 3.04. The van der Waals surface area contributed by atoms with Gasteiger partial charge < -0.3 is 19.5 Å². The minimum absolute atomic E-state index is 0.290. The third-order valence-electron chi connectivity index (χ3n) is 7.04. The number of hydrogen-bond donors (Lipinski definition) is 1. The number of pyridine rings is 1. The summed E-state index contributed by atoms with van der Waals surface area (Å²) >= 11 is 0. The molecule has 8 heteroatoms. The van der Waals surface area contributed by atoms with E-state index in [1.54, 1.807) is 13.0 Å². The number of rotatable bonds is 6. The minimum Gasteiger partial charge on any atom is -0.377 e. The highest BCUT2D eigenvalue weighted by atomic mass is 19.1. The summed E-state index contributed by atoms with van der Waals surface area (Å²) in [6.45, 7) is 11.4. The zero-order chi connectivity index (χ0) is 23.1. The van der Waals surface area contributed by atoms with Crippen molar-refractivity contribution in [3.8, 4) is 11.5 Å². The molecule has 3 aromatic rings. The monoisotopic (exact) mass is 453 g/mol. The Morgan fingerprint density at radius 3 is 2.76 bits per heavy atom. The van der Waals surface area contributed by atoms with Gasteiger partial charge in [-0.3, -0.25) is 0 Å². The van der Waals surface area contributed by atoms with Gasteiger partial charge in [0.1, 0.15) is 17.2 Å². The highest BCUT2D eigenvalue weighted by Gasteiger charge is 2.34. The fourth-order valence-corrected chi connectivity index (χ4v) is 5.10. The molecule has 2 fully saturated rings. The van der Waals surface area contributed by atoms with Gasteiger partial charge in [0.25, 0.3) is 5.89 Å². The largest absolute Gasteiger partial charge is 0.377 e. The summed E-state index contributed by atoms with van der Waals surface area (Å²) in [7, 11) is 0. The topological polar surface area (TPSA) is 76.3 Å². The van der Waals surface area contributed by atoms with Crippen LogP contribution in [0.3, 0.4) is 0 Å². The number of nitrogens with one attached hydrogen (secondary N) is 1. The normalized spacial score (nSPS) is 23.2. The highest BCUT2D eigenvalue weighted by Crippen LogP contribution is 2.39. The van der Waals surface area contributed by atoms with Crippen LogP contribution in [-0.2, 0) is 11.2 Å². The van der Waals surface area contributed by atoms with Gasteiger partial charge in [-0.25, -0.2) is 9.37 Å². The number of anilines is 1. The molecule has 0 bridgehead atoms. The molecule has 7 nitrogen and oxygen atoms in total. The summed E-state index contributed by atoms with van der Waals surface area (Å²) in [4.78, 5) is 11.6. The SMILES string of the molecule is CCc1cc(F)c2nc(N3C[C@H](C)[C@H](NC[C@H]4CCCO4)C3)c(-c3nc(C)no3)c(C)c2c1. The maximum absolute atomic E-state index is 15.1. The molecular weight excluding hydrogens is 421 g/mol. The first-order valence-electron chi connectivity index (χ1n) is 12.0. The summed E-state index contributed by atoms with van der Waals surface area (Å²) in [6.07, 6.45) is 3.30. The Morgan fingerprint density at radius 1 is 1.21 bits per heavy atom. The number of fused-ring (bicyclic) bond motifs is 1. The molecule has 3 atom stereocenters. The average Bonchev–Trinajstić information content (AvgIpc) is 3.54. The molecule has 0 aliphatic carbocycles. The molecule has 5 rings (SSSR count). The smallest absolute Gasteiger partial charge is 0.261 e. The molecule has 0 radical (unpaired) electrons. The van der Waals surface area contributed by atoms with Crippen molar-refractivity contribution < 1.29 is 13.7 Å². The van der Waals surface area contributed by atoms with Crippen LogP contribution >= 0.6 is 0 Å². The molecule has 2 aromatic heterocycles. The third-order valence-corrected chi connectivity index (χ3v) is 7.04. The number of aromatic nitrogens is 3. The Morgan fingerprint density at radius 2 is 2.06 bits per heavy atom. The van der Waals surface area contributed by atoms with Gasteiger partial charge in [-0.05, 0) is 62.3 Å². The van der Waals surface area contributed by atoms with Gasteiger partial charge in [0.2, 0.25) is 0 Å². The highest BCUT2D eigenvalue weighted by molar-refractivity contribution is 5.93. The maximum Gasteiger partial charge on any atom is 0.261 e. The van der Waals surface area contributed by atoms with Crippen LogP contribution in [0.15, 0.2) is 16.7 Å². The summed E-state index contributed by atoms with van der Waals surface area (Å²) in [5, 5.41) is 8.49. The van der Waals surface area contributed by atoms with Crippen molar-refractivity contribution in [3.63, 3.8) is 0 Å². The molecule has 2 aliphatic heterocycles. The van der Waals surface area contributed by atoms with E-state index < -0.39 is 0 Å². The first-order chi connectivity index (χ1) is 15.9. The van der Waals surface area contributed by atoms with Crippen LogP contribution in [-0.4, -0.2) is 53.5 Å². The zero-order valence-electron chi connectivity index (χ0n) is 19.8. The standard InChI is InChI=1S/C25H32FN5O2/c1-5-17-9-19-15(3)22(25-28-16(4)30-33-25)24(29-23(19)20(26)10-17)31-12-14(2)21(13-31)27-11-18-7-6-8-32-18/h9-10,14,18,21,27H,5-8,11-13H2,1-4H3/t14-,18+,21+/m0/s1. The number of aryl methyl sites for hydroxylation is 3. The molecule has 4 heterocycles. The lowest BCUT2D eigenvalue weighted by molar-refractivity contribution is 0.107. The van der Waals surface area contributed by atoms with Gasteiger partial charge in [0.05, 0.1) is 11.7 Å². The van der Waals surface area contributed by atoms with E-state index in [-0.39, 0.29) is 5.82 Å². The molecule has 0 spiro atoms.